The van der Waals surface area contributed by atoms with Gasteiger partial charge in [0.25, 0.3) is 0 Å². The van der Waals surface area contributed by atoms with E-state index in [4.69, 9.17) is 0 Å². The van der Waals surface area contributed by atoms with Crippen molar-refractivity contribution in [2.24, 2.45) is 5.41 Å². The Morgan fingerprint density at radius 1 is 1.16 bits per heavy atom. The molecule has 0 bridgehead atoms. The average molecular weight is 266 g/mol. The zero-order chi connectivity index (χ0) is 14.1. The van der Waals surface area contributed by atoms with Gasteiger partial charge in [0.15, 0.2) is 0 Å². The molecule has 1 spiro atoms. The first-order valence-corrected chi connectivity index (χ1v) is 7.43. The Balaban J connectivity index is 2.22. The fraction of sp³-hybridized carbons (Fsp3) is 0.867. The normalized spacial score (nSPS) is 24.3. The van der Waals surface area contributed by atoms with Crippen molar-refractivity contribution in [2.75, 3.05) is 13.1 Å². The van der Waals surface area contributed by atoms with Gasteiger partial charge in [0, 0.05) is 19.5 Å². The average Bonchev–Trinajstić information content (AvgIpc) is 2.42. The minimum Gasteiger partial charge on any atom is -0.342 e. The first-order valence-electron chi connectivity index (χ1n) is 7.43. The van der Waals surface area contributed by atoms with Crippen molar-refractivity contribution in [3.63, 3.8) is 0 Å². The van der Waals surface area contributed by atoms with E-state index < -0.39 is 5.54 Å². The molecule has 1 heterocycles. The van der Waals surface area contributed by atoms with Crippen LogP contribution in [0.3, 0.4) is 0 Å². The van der Waals surface area contributed by atoms with Crippen molar-refractivity contribution in [2.45, 2.75) is 64.8 Å². The highest BCUT2D eigenvalue weighted by Gasteiger charge is 2.45. The minimum atomic E-state index is -0.600. The van der Waals surface area contributed by atoms with Gasteiger partial charge in [-0.2, -0.15) is 0 Å². The number of nitrogens with one attached hydrogen (secondary N) is 1. The van der Waals surface area contributed by atoms with Gasteiger partial charge in [0.1, 0.15) is 5.54 Å². The molecule has 2 aliphatic rings. The zero-order valence-electron chi connectivity index (χ0n) is 12.4. The van der Waals surface area contributed by atoms with Crippen molar-refractivity contribution < 1.29 is 9.59 Å². The number of hydrogen-bond donors (Lipinski definition) is 1. The summed E-state index contributed by atoms with van der Waals surface area (Å²) >= 11 is 0. The lowest BCUT2D eigenvalue weighted by Gasteiger charge is -2.39. The fourth-order valence-electron chi connectivity index (χ4n) is 3.24. The lowest BCUT2D eigenvalue weighted by atomic mass is 9.80. The maximum atomic E-state index is 12.9. The van der Waals surface area contributed by atoms with Gasteiger partial charge in [-0.3, -0.25) is 9.59 Å². The minimum absolute atomic E-state index is 0.0339. The molecule has 0 aromatic rings. The fourth-order valence-corrected chi connectivity index (χ4v) is 3.24. The van der Waals surface area contributed by atoms with Crippen molar-refractivity contribution in [1.82, 2.24) is 10.2 Å². The summed E-state index contributed by atoms with van der Waals surface area (Å²) in [4.78, 5) is 26.7. The zero-order valence-corrected chi connectivity index (χ0v) is 12.4. The Morgan fingerprint density at radius 2 is 1.79 bits per heavy atom. The largest absolute Gasteiger partial charge is 0.342 e. The molecule has 0 aromatic carbocycles. The molecule has 1 saturated heterocycles. The Morgan fingerprint density at radius 3 is 2.37 bits per heavy atom. The van der Waals surface area contributed by atoms with Gasteiger partial charge in [0.05, 0.1) is 0 Å². The lowest BCUT2D eigenvalue weighted by Crippen LogP contribution is -2.58. The predicted molar refractivity (Wildman–Crippen MR) is 74.6 cm³/mol. The van der Waals surface area contributed by atoms with Crippen LogP contribution in [-0.4, -0.2) is 35.3 Å². The molecule has 0 unspecified atom stereocenters. The number of carbonyl (C=O) groups is 2. The van der Waals surface area contributed by atoms with Crippen LogP contribution < -0.4 is 5.32 Å². The summed E-state index contributed by atoms with van der Waals surface area (Å²) in [7, 11) is 0. The second-order valence-corrected chi connectivity index (χ2v) is 7.23. The molecule has 0 atom stereocenters. The summed E-state index contributed by atoms with van der Waals surface area (Å²) in [5, 5.41) is 3.03. The molecule has 4 nitrogen and oxygen atoms in total. The Bertz CT molecular complexity index is 365. The van der Waals surface area contributed by atoms with Crippen LogP contribution in [0.4, 0.5) is 0 Å². The lowest BCUT2D eigenvalue weighted by molar-refractivity contribution is -0.141. The molecular weight excluding hydrogens is 240 g/mol. The second-order valence-electron chi connectivity index (χ2n) is 7.23. The van der Waals surface area contributed by atoms with E-state index in [2.05, 4.69) is 26.1 Å². The van der Waals surface area contributed by atoms with Crippen molar-refractivity contribution in [1.29, 1.82) is 0 Å². The van der Waals surface area contributed by atoms with Crippen molar-refractivity contribution in [3.8, 4) is 0 Å². The number of carbonyl (C=O) groups excluding carboxylic acids is 2. The highest BCUT2D eigenvalue weighted by molar-refractivity contribution is 5.93. The molecule has 1 aliphatic carbocycles. The van der Waals surface area contributed by atoms with E-state index in [0.717, 1.165) is 32.2 Å². The first-order chi connectivity index (χ1) is 8.82. The highest BCUT2D eigenvalue weighted by Crippen LogP contribution is 2.32. The number of rotatable bonds is 1. The molecule has 0 aromatic heterocycles. The molecule has 1 N–H and O–H groups in total. The topological polar surface area (TPSA) is 49.4 Å². The molecule has 108 valence electrons. The van der Waals surface area contributed by atoms with E-state index in [1.54, 1.807) is 0 Å². The summed E-state index contributed by atoms with van der Waals surface area (Å²) < 4.78 is 0. The quantitative estimate of drug-likeness (QED) is 0.790. The van der Waals surface area contributed by atoms with Crippen LogP contribution in [0.2, 0.25) is 0 Å². The Kier molecular flexibility index (Phi) is 3.88. The van der Waals surface area contributed by atoms with Crippen LogP contribution >= 0.6 is 0 Å². The smallest absolute Gasteiger partial charge is 0.248 e. The van der Waals surface area contributed by atoms with Crippen LogP contribution in [-0.2, 0) is 9.59 Å². The van der Waals surface area contributed by atoms with Gasteiger partial charge in [0.2, 0.25) is 11.8 Å². The van der Waals surface area contributed by atoms with E-state index in [0.29, 0.717) is 13.0 Å². The summed E-state index contributed by atoms with van der Waals surface area (Å²) in [6, 6.07) is 0. The summed E-state index contributed by atoms with van der Waals surface area (Å²) in [6.07, 6.45) is 5.29. The predicted octanol–water partition coefficient (Wildman–Crippen LogP) is 2.08. The molecular formula is C15H26N2O2. The maximum absolute atomic E-state index is 12.9. The van der Waals surface area contributed by atoms with Crippen molar-refractivity contribution in [3.05, 3.63) is 0 Å². The molecule has 1 saturated carbocycles. The van der Waals surface area contributed by atoms with Crippen LogP contribution in [0.25, 0.3) is 0 Å². The molecule has 0 radical (unpaired) electrons. The molecule has 2 fully saturated rings. The van der Waals surface area contributed by atoms with Crippen LogP contribution in [0.5, 0.6) is 0 Å². The first kappa shape index (κ1) is 14.4. The summed E-state index contributed by atoms with van der Waals surface area (Å²) in [6.45, 7) is 7.68. The van der Waals surface area contributed by atoms with E-state index in [9.17, 15) is 9.59 Å². The van der Waals surface area contributed by atoms with Gasteiger partial charge in [-0.05, 0) is 18.3 Å². The van der Waals surface area contributed by atoms with Gasteiger partial charge < -0.3 is 10.2 Å². The summed E-state index contributed by atoms with van der Waals surface area (Å²) in [5.41, 5.74) is -0.532. The van der Waals surface area contributed by atoms with E-state index >= 15 is 0 Å². The van der Waals surface area contributed by atoms with E-state index in [1.807, 2.05) is 4.90 Å². The van der Waals surface area contributed by atoms with Crippen LogP contribution in [0.15, 0.2) is 0 Å². The van der Waals surface area contributed by atoms with Gasteiger partial charge in [-0.1, -0.05) is 40.0 Å². The number of hydrogen-bond acceptors (Lipinski definition) is 2. The van der Waals surface area contributed by atoms with Gasteiger partial charge in [-0.25, -0.2) is 0 Å². The van der Waals surface area contributed by atoms with Crippen LogP contribution in [0.1, 0.15) is 59.3 Å². The standard InChI is InChI=1S/C15H26N2O2/c1-14(2,3)11-17-10-7-12(18)16-15(13(17)19)8-5-4-6-9-15/h4-11H2,1-3H3,(H,16,18). The third kappa shape index (κ3) is 3.28. The highest BCUT2D eigenvalue weighted by atomic mass is 16.2. The third-order valence-corrected chi connectivity index (χ3v) is 4.06. The van der Waals surface area contributed by atoms with Crippen LogP contribution in [0, 0.1) is 5.41 Å². The van der Waals surface area contributed by atoms with Crippen molar-refractivity contribution >= 4 is 11.8 Å². The molecule has 2 rings (SSSR count). The molecule has 2 amide bonds. The maximum Gasteiger partial charge on any atom is 0.248 e. The monoisotopic (exact) mass is 266 g/mol. The summed E-state index contributed by atoms with van der Waals surface area (Å²) in [5.74, 6) is 0.180. The SMILES string of the molecule is CC(C)(C)CN1CCC(=O)NC2(CCCCC2)C1=O. The Labute approximate surface area is 115 Å². The molecule has 4 heteroatoms. The number of nitrogens with zero attached hydrogens (tertiary/aromatic N) is 1. The van der Waals surface area contributed by atoms with E-state index in [1.165, 1.54) is 6.42 Å². The second kappa shape index (κ2) is 5.14. The Hall–Kier alpha value is -1.06. The number of amides is 2. The molecule has 19 heavy (non-hydrogen) atoms. The van der Waals surface area contributed by atoms with E-state index in [-0.39, 0.29) is 17.2 Å². The molecule has 1 aliphatic heterocycles. The third-order valence-electron chi connectivity index (χ3n) is 4.06. The van der Waals surface area contributed by atoms with Gasteiger partial charge in [-0.15, -0.1) is 0 Å². The van der Waals surface area contributed by atoms with Gasteiger partial charge >= 0.3 is 0 Å².